The van der Waals surface area contributed by atoms with E-state index in [-0.39, 0.29) is 0 Å². The molecule has 10 heteroatoms. The molecule has 5 aromatic rings. The Morgan fingerprint density at radius 1 is 0.529 bits per heavy atom. The van der Waals surface area contributed by atoms with E-state index >= 15 is 0 Å². The highest BCUT2D eigenvalue weighted by Gasteiger charge is 2.12. The van der Waals surface area contributed by atoms with Gasteiger partial charge < -0.3 is 0 Å². The van der Waals surface area contributed by atoms with Gasteiger partial charge in [0.25, 0.3) is 0 Å². The molecule has 0 atom stereocenters. The molecule has 2 heterocycles. The number of hydrogen-bond donors (Lipinski definition) is 2. The lowest BCUT2D eigenvalue weighted by atomic mass is 9.96. The van der Waals surface area contributed by atoms with Crippen molar-refractivity contribution in [2.45, 2.75) is 9.79 Å². The SMILES string of the molecule is OOOSc1ccc(-c2ccnc3c2ccc2c(-c4ccc(SOOO)cc4)ccnc23)cc1. The zero-order valence-corrected chi connectivity index (χ0v) is 19.0. The third-order valence-corrected chi connectivity index (χ3v) is 6.46. The fourth-order valence-electron chi connectivity index (χ4n) is 3.82. The molecule has 0 spiro atoms. The van der Waals surface area contributed by atoms with Crippen LogP contribution in [0.4, 0.5) is 0 Å². The third kappa shape index (κ3) is 4.62. The van der Waals surface area contributed by atoms with E-state index in [0.717, 1.165) is 77.9 Å². The molecule has 0 fully saturated rings. The van der Waals surface area contributed by atoms with Gasteiger partial charge in [-0.3, -0.25) is 9.97 Å². The van der Waals surface area contributed by atoms with Crippen LogP contribution in [0.25, 0.3) is 44.1 Å². The van der Waals surface area contributed by atoms with Crippen LogP contribution in [0.3, 0.4) is 0 Å². The van der Waals surface area contributed by atoms with Crippen LogP contribution in [0.5, 0.6) is 0 Å². The van der Waals surface area contributed by atoms with Crippen LogP contribution in [-0.2, 0) is 18.7 Å². The fourth-order valence-corrected chi connectivity index (χ4v) is 4.53. The van der Waals surface area contributed by atoms with Crippen molar-refractivity contribution in [3.8, 4) is 22.3 Å². The summed E-state index contributed by atoms with van der Waals surface area (Å²) in [4.78, 5) is 10.9. The smallest absolute Gasteiger partial charge is 0.0970 e. The largest absolute Gasteiger partial charge is 0.254 e. The molecule has 0 radical (unpaired) electrons. The highest BCUT2D eigenvalue weighted by molar-refractivity contribution is 7.94. The standard InChI is InChI=1S/C24H16N2O6S2/c27-29-31-33-17-5-1-15(2-6-17)19-11-13-25-23-21(19)9-10-22-20(12-14-26-24(22)23)16-3-7-18(8-4-16)34-32-30-28/h1-14,27-28H. The lowest BCUT2D eigenvalue weighted by Gasteiger charge is -2.11. The van der Waals surface area contributed by atoms with Crippen molar-refractivity contribution in [1.29, 1.82) is 0 Å². The molecule has 0 unspecified atom stereocenters. The van der Waals surface area contributed by atoms with E-state index in [9.17, 15) is 0 Å². The Labute approximate surface area is 202 Å². The minimum absolute atomic E-state index is 0.785. The second-order valence-electron chi connectivity index (χ2n) is 7.08. The van der Waals surface area contributed by atoms with Crippen LogP contribution in [0.15, 0.2) is 95.0 Å². The molecule has 0 saturated heterocycles. The number of hydrogen-bond acceptors (Lipinski definition) is 10. The summed E-state index contributed by atoms with van der Waals surface area (Å²) in [6, 6.07) is 23.5. The van der Waals surface area contributed by atoms with Crippen molar-refractivity contribution >= 4 is 45.9 Å². The van der Waals surface area contributed by atoms with Gasteiger partial charge in [-0.1, -0.05) is 46.5 Å². The van der Waals surface area contributed by atoms with E-state index in [4.69, 9.17) is 10.5 Å². The van der Waals surface area contributed by atoms with Crippen LogP contribution in [0.2, 0.25) is 0 Å². The zero-order chi connectivity index (χ0) is 23.3. The Morgan fingerprint density at radius 3 is 1.32 bits per heavy atom. The first kappa shape index (κ1) is 22.7. The number of nitrogens with zero attached hydrogens (tertiary/aromatic N) is 2. The number of aromatic nitrogens is 2. The molecule has 8 nitrogen and oxygen atoms in total. The van der Waals surface area contributed by atoms with Crippen LogP contribution in [0, 0.1) is 0 Å². The van der Waals surface area contributed by atoms with Gasteiger partial charge in [0.05, 0.1) is 35.1 Å². The summed E-state index contributed by atoms with van der Waals surface area (Å²) in [5, 5.41) is 25.9. The van der Waals surface area contributed by atoms with Gasteiger partial charge in [0, 0.05) is 33.0 Å². The Hall–Kier alpha value is -3.06. The van der Waals surface area contributed by atoms with Crippen LogP contribution in [0.1, 0.15) is 0 Å². The van der Waals surface area contributed by atoms with Gasteiger partial charge in [-0.2, -0.15) is 0 Å². The predicted molar refractivity (Wildman–Crippen MR) is 129 cm³/mol. The van der Waals surface area contributed by atoms with Crippen LogP contribution >= 0.6 is 24.1 Å². The van der Waals surface area contributed by atoms with Gasteiger partial charge in [0.15, 0.2) is 0 Å². The minimum Gasteiger partial charge on any atom is -0.254 e. The highest BCUT2D eigenvalue weighted by Crippen LogP contribution is 2.36. The maximum absolute atomic E-state index is 8.33. The van der Waals surface area contributed by atoms with E-state index in [2.05, 4.69) is 40.8 Å². The van der Waals surface area contributed by atoms with Crippen LogP contribution < -0.4 is 0 Å². The zero-order valence-electron chi connectivity index (χ0n) is 17.3. The highest BCUT2D eigenvalue weighted by atomic mass is 32.2. The summed E-state index contributed by atoms with van der Waals surface area (Å²) in [7, 11) is 0. The summed E-state index contributed by atoms with van der Waals surface area (Å²) < 4.78 is 8.97. The van der Waals surface area contributed by atoms with E-state index in [1.54, 1.807) is 12.4 Å². The molecule has 3 aromatic carbocycles. The van der Waals surface area contributed by atoms with Crippen LogP contribution in [-0.4, -0.2) is 20.5 Å². The monoisotopic (exact) mass is 492 g/mol. The molecule has 0 bridgehead atoms. The van der Waals surface area contributed by atoms with E-state index in [1.807, 2.05) is 60.7 Å². The molecule has 2 aromatic heterocycles. The Balaban J connectivity index is 1.55. The predicted octanol–water partition coefficient (Wildman–Crippen LogP) is 6.97. The van der Waals surface area contributed by atoms with E-state index in [0.29, 0.717) is 0 Å². The normalized spacial score (nSPS) is 11.4. The van der Waals surface area contributed by atoms with Crippen molar-refractivity contribution in [1.82, 2.24) is 9.97 Å². The molecular formula is C24H16N2O6S2. The maximum atomic E-state index is 8.33. The van der Waals surface area contributed by atoms with Crippen molar-refractivity contribution in [3.05, 3.63) is 85.2 Å². The Morgan fingerprint density at radius 2 is 0.941 bits per heavy atom. The minimum atomic E-state index is 0.785. The average Bonchev–Trinajstić information content (AvgIpc) is 2.90. The number of rotatable bonds is 8. The first-order valence-electron chi connectivity index (χ1n) is 9.95. The molecule has 0 saturated carbocycles. The molecule has 0 aliphatic heterocycles. The number of benzene rings is 3. The second kappa shape index (κ2) is 10.5. The molecule has 0 aliphatic carbocycles. The summed E-state index contributed by atoms with van der Waals surface area (Å²) in [6.45, 7) is 0. The van der Waals surface area contributed by atoms with Crippen molar-refractivity contribution < 1.29 is 29.3 Å². The molecule has 0 aliphatic rings. The van der Waals surface area contributed by atoms with Crippen molar-refractivity contribution in [3.63, 3.8) is 0 Å². The number of pyridine rings is 2. The summed E-state index contributed by atoms with van der Waals surface area (Å²) >= 11 is 1.83. The summed E-state index contributed by atoms with van der Waals surface area (Å²) in [5.74, 6) is 0. The lowest BCUT2D eigenvalue weighted by Crippen LogP contribution is -1.90. The Bertz CT molecular complexity index is 1320. The van der Waals surface area contributed by atoms with Crippen molar-refractivity contribution in [2.75, 3.05) is 0 Å². The van der Waals surface area contributed by atoms with E-state index < -0.39 is 0 Å². The second-order valence-corrected chi connectivity index (χ2v) is 8.62. The third-order valence-electron chi connectivity index (χ3n) is 5.27. The number of fused-ring (bicyclic) bond motifs is 3. The molecule has 34 heavy (non-hydrogen) atoms. The van der Waals surface area contributed by atoms with Crippen molar-refractivity contribution in [2.24, 2.45) is 0 Å². The van der Waals surface area contributed by atoms with Gasteiger partial charge >= 0.3 is 0 Å². The molecule has 2 N–H and O–H groups in total. The fraction of sp³-hybridized carbons (Fsp3) is 0. The molecule has 0 amide bonds. The molecule has 170 valence electrons. The van der Waals surface area contributed by atoms with Gasteiger partial charge in [0.1, 0.15) is 0 Å². The van der Waals surface area contributed by atoms with Gasteiger partial charge in [0.2, 0.25) is 0 Å². The lowest BCUT2D eigenvalue weighted by molar-refractivity contribution is -0.432. The Kier molecular flexibility index (Phi) is 7.00. The molecule has 5 rings (SSSR count). The first-order valence-corrected chi connectivity index (χ1v) is 11.4. The topological polar surface area (TPSA) is 103 Å². The van der Waals surface area contributed by atoms with Gasteiger partial charge in [-0.25, -0.2) is 10.5 Å². The quantitative estimate of drug-likeness (QED) is 0.102. The summed E-state index contributed by atoms with van der Waals surface area (Å²) in [6.07, 6.45) is 3.57. The van der Waals surface area contributed by atoms with Gasteiger partial charge in [-0.05, 0) is 58.7 Å². The molecular weight excluding hydrogens is 476 g/mol. The van der Waals surface area contributed by atoms with Gasteiger partial charge in [-0.15, -0.1) is 8.67 Å². The van der Waals surface area contributed by atoms with E-state index in [1.165, 1.54) is 0 Å². The average molecular weight is 493 g/mol. The first-order chi connectivity index (χ1) is 16.8. The summed E-state index contributed by atoms with van der Waals surface area (Å²) in [5.41, 5.74) is 5.71. The maximum Gasteiger partial charge on any atom is 0.0970 e.